The SMILES string of the molecule is CC1CCCC(C)N1Cc1cccc(N)n1. The highest BCUT2D eigenvalue weighted by Crippen LogP contribution is 2.24. The van der Waals surface area contributed by atoms with Gasteiger partial charge in [0.2, 0.25) is 0 Å². The summed E-state index contributed by atoms with van der Waals surface area (Å²) in [5, 5.41) is 0. The maximum Gasteiger partial charge on any atom is 0.123 e. The molecule has 2 unspecified atom stereocenters. The lowest BCUT2D eigenvalue weighted by Crippen LogP contribution is -2.43. The summed E-state index contributed by atoms with van der Waals surface area (Å²) in [6.07, 6.45) is 3.95. The van der Waals surface area contributed by atoms with Gasteiger partial charge >= 0.3 is 0 Å². The lowest BCUT2D eigenvalue weighted by Gasteiger charge is -2.38. The third-order valence-electron chi connectivity index (χ3n) is 3.55. The summed E-state index contributed by atoms with van der Waals surface area (Å²) in [4.78, 5) is 6.91. The first-order valence-electron chi connectivity index (χ1n) is 6.14. The molecule has 0 saturated carbocycles. The number of nitrogens with two attached hydrogens (primary N) is 1. The molecule has 1 aromatic heterocycles. The van der Waals surface area contributed by atoms with Crippen molar-refractivity contribution in [1.29, 1.82) is 0 Å². The van der Waals surface area contributed by atoms with Crippen molar-refractivity contribution in [2.75, 3.05) is 5.73 Å². The van der Waals surface area contributed by atoms with Crippen molar-refractivity contribution in [1.82, 2.24) is 9.88 Å². The first-order chi connectivity index (χ1) is 7.66. The van der Waals surface area contributed by atoms with Gasteiger partial charge in [0.25, 0.3) is 0 Å². The Balaban J connectivity index is 2.07. The molecule has 1 fully saturated rings. The smallest absolute Gasteiger partial charge is 0.123 e. The number of hydrogen-bond donors (Lipinski definition) is 1. The first-order valence-corrected chi connectivity index (χ1v) is 6.14. The van der Waals surface area contributed by atoms with Crippen LogP contribution in [-0.4, -0.2) is 22.0 Å². The lowest BCUT2D eigenvalue weighted by atomic mass is 9.97. The molecule has 0 aromatic carbocycles. The molecule has 1 aliphatic rings. The molecule has 3 nitrogen and oxygen atoms in total. The minimum atomic E-state index is 0.620. The van der Waals surface area contributed by atoms with Crippen LogP contribution in [-0.2, 0) is 6.54 Å². The zero-order chi connectivity index (χ0) is 11.5. The van der Waals surface area contributed by atoms with Crippen LogP contribution < -0.4 is 5.73 Å². The van der Waals surface area contributed by atoms with Crippen molar-refractivity contribution in [2.24, 2.45) is 0 Å². The van der Waals surface area contributed by atoms with E-state index in [2.05, 4.69) is 29.8 Å². The van der Waals surface area contributed by atoms with Crippen molar-refractivity contribution in [3.8, 4) is 0 Å². The van der Waals surface area contributed by atoms with Crippen LogP contribution in [0.5, 0.6) is 0 Å². The van der Waals surface area contributed by atoms with Gasteiger partial charge in [-0.25, -0.2) is 4.98 Å². The van der Waals surface area contributed by atoms with Crippen molar-refractivity contribution >= 4 is 5.82 Å². The van der Waals surface area contributed by atoms with Gasteiger partial charge < -0.3 is 5.73 Å². The number of nitrogens with zero attached hydrogens (tertiary/aromatic N) is 2. The van der Waals surface area contributed by atoms with Gasteiger partial charge in [-0.3, -0.25) is 4.90 Å². The van der Waals surface area contributed by atoms with Gasteiger partial charge in [-0.05, 0) is 38.8 Å². The molecule has 88 valence electrons. The Labute approximate surface area is 97.7 Å². The third-order valence-corrected chi connectivity index (χ3v) is 3.55. The number of aromatic nitrogens is 1. The summed E-state index contributed by atoms with van der Waals surface area (Å²) >= 11 is 0. The molecule has 2 heterocycles. The second-order valence-electron chi connectivity index (χ2n) is 4.86. The van der Waals surface area contributed by atoms with E-state index in [0.29, 0.717) is 17.9 Å². The Morgan fingerprint density at radius 3 is 2.62 bits per heavy atom. The van der Waals surface area contributed by atoms with Gasteiger partial charge in [-0.2, -0.15) is 0 Å². The number of anilines is 1. The summed E-state index contributed by atoms with van der Waals surface area (Å²) in [7, 11) is 0. The number of hydrogen-bond acceptors (Lipinski definition) is 3. The molecule has 0 radical (unpaired) electrons. The van der Waals surface area contributed by atoms with Crippen LogP contribution in [0.25, 0.3) is 0 Å². The topological polar surface area (TPSA) is 42.1 Å². The van der Waals surface area contributed by atoms with Gasteiger partial charge in [-0.15, -0.1) is 0 Å². The van der Waals surface area contributed by atoms with E-state index in [0.717, 1.165) is 12.2 Å². The maximum atomic E-state index is 5.70. The highest BCUT2D eigenvalue weighted by atomic mass is 15.2. The average Bonchev–Trinajstić information content (AvgIpc) is 2.24. The van der Waals surface area contributed by atoms with E-state index in [1.165, 1.54) is 19.3 Å². The minimum Gasteiger partial charge on any atom is -0.384 e. The Morgan fingerprint density at radius 1 is 1.31 bits per heavy atom. The van der Waals surface area contributed by atoms with E-state index in [9.17, 15) is 0 Å². The van der Waals surface area contributed by atoms with Gasteiger partial charge in [0.15, 0.2) is 0 Å². The maximum absolute atomic E-state index is 5.70. The first kappa shape index (κ1) is 11.4. The van der Waals surface area contributed by atoms with Crippen LogP contribution in [0.15, 0.2) is 18.2 Å². The second kappa shape index (κ2) is 4.83. The standard InChI is InChI=1S/C13H21N3/c1-10-5-3-6-11(2)16(10)9-12-7-4-8-13(14)15-12/h4,7-8,10-11H,3,5-6,9H2,1-2H3,(H2,14,15). The van der Waals surface area contributed by atoms with Crippen LogP contribution in [0.4, 0.5) is 5.82 Å². The molecule has 1 aromatic rings. The van der Waals surface area contributed by atoms with Gasteiger partial charge in [0.1, 0.15) is 5.82 Å². The molecule has 2 rings (SSSR count). The number of rotatable bonds is 2. The fourth-order valence-corrected chi connectivity index (χ4v) is 2.56. The Morgan fingerprint density at radius 2 is 2.00 bits per heavy atom. The molecular weight excluding hydrogens is 198 g/mol. The average molecular weight is 219 g/mol. The third kappa shape index (κ3) is 2.53. The molecule has 3 heteroatoms. The molecular formula is C13H21N3. The Hall–Kier alpha value is -1.09. The Kier molecular flexibility index (Phi) is 3.44. The zero-order valence-electron chi connectivity index (χ0n) is 10.2. The summed E-state index contributed by atoms with van der Waals surface area (Å²) in [5.74, 6) is 0.620. The van der Waals surface area contributed by atoms with Gasteiger partial charge in [-0.1, -0.05) is 12.5 Å². The number of likely N-dealkylation sites (tertiary alicyclic amines) is 1. The van der Waals surface area contributed by atoms with E-state index in [1.807, 2.05) is 12.1 Å². The summed E-state index contributed by atoms with van der Waals surface area (Å²) in [6, 6.07) is 7.20. The predicted molar refractivity (Wildman–Crippen MR) is 67.0 cm³/mol. The normalized spacial score (nSPS) is 26.9. The Bertz CT molecular complexity index is 341. The van der Waals surface area contributed by atoms with Crippen LogP contribution in [0, 0.1) is 0 Å². The van der Waals surface area contributed by atoms with E-state index >= 15 is 0 Å². The van der Waals surface area contributed by atoms with Crippen molar-refractivity contribution in [2.45, 2.75) is 51.7 Å². The van der Waals surface area contributed by atoms with E-state index in [4.69, 9.17) is 5.73 Å². The second-order valence-corrected chi connectivity index (χ2v) is 4.86. The highest BCUT2D eigenvalue weighted by molar-refractivity contribution is 5.28. The van der Waals surface area contributed by atoms with E-state index < -0.39 is 0 Å². The van der Waals surface area contributed by atoms with Crippen molar-refractivity contribution in [3.05, 3.63) is 23.9 Å². The zero-order valence-corrected chi connectivity index (χ0v) is 10.2. The molecule has 0 bridgehead atoms. The number of pyridine rings is 1. The lowest BCUT2D eigenvalue weighted by molar-refractivity contribution is 0.0939. The number of nitrogen functional groups attached to an aromatic ring is 1. The van der Waals surface area contributed by atoms with Crippen LogP contribution >= 0.6 is 0 Å². The van der Waals surface area contributed by atoms with Crippen LogP contribution in [0.1, 0.15) is 38.8 Å². The van der Waals surface area contributed by atoms with Crippen molar-refractivity contribution in [3.63, 3.8) is 0 Å². The van der Waals surface area contributed by atoms with E-state index in [1.54, 1.807) is 0 Å². The molecule has 0 aliphatic carbocycles. The van der Waals surface area contributed by atoms with Crippen LogP contribution in [0.3, 0.4) is 0 Å². The molecule has 0 amide bonds. The molecule has 2 N–H and O–H groups in total. The largest absolute Gasteiger partial charge is 0.384 e. The van der Waals surface area contributed by atoms with E-state index in [-0.39, 0.29) is 0 Å². The van der Waals surface area contributed by atoms with Gasteiger partial charge in [0.05, 0.1) is 5.69 Å². The molecule has 1 aliphatic heterocycles. The fraction of sp³-hybridized carbons (Fsp3) is 0.615. The molecule has 2 atom stereocenters. The number of piperidine rings is 1. The predicted octanol–water partition coefficient (Wildman–Crippen LogP) is 2.43. The summed E-state index contributed by atoms with van der Waals surface area (Å²) < 4.78 is 0. The molecule has 0 spiro atoms. The monoisotopic (exact) mass is 219 g/mol. The molecule has 16 heavy (non-hydrogen) atoms. The fourth-order valence-electron chi connectivity index (χ4n) is 2.56. The highest BCUT2D eigenvalue weighted by Gasteiger charge is 2.24. The van der Waals surface area contributed by atoms with Crippen molar-refractivity contribution < 1.29 is 0 Å². The van der Waals surface area contributed by atoms with Crippen LogP contribution in [0.2, 0.25) is 0 Å². The molecule has 1 saturated heterocycles. The summed E-state index contributed by atoms with van der Waals surface area (Å²) in [6.45, 7) is 5.54. The summed E-state index contributed by atoms with van der Waals surface area (Å²) in [5.41, 5.74) is 6.79. The van der Waals surface area contributed by atoms with Gasteiger partial charge in [0, 0.05) is 18.6 Å². The quantitative estimate of drug-likeness (QED) is 0.830. The minimum absolute atomic E-state index is 0.620.